The number of rotatable bonds is 3. The van der Waals surface area contributed by atoms with Crippen molar-refractivity contribution in [3.05, 3.63) is 0 Å². The van der Waals surface area contributed by atoms with E-state index in [1.807, 2.05) is 0 Å². The van der Waals surface area contributed by atoms with Gasteiger partial charge in [-0.3, -0.25) is 9.69 Å². The molecule has 0 aromatic rings. The van der Waals surface area contributed by atoms with Crippen LogP contribution < -0.4 is 5.73 Å². The van der Waals surface area contributed by atoms with Crippen molar-refractivity contribution in [3.8, 4) is 0 Å². The molecular formula is C11H16F6N2O6. The number of nitrogens with two attached hydrogens (primary N) is 1. The summed E-state index contributed by atoms with van der Waals surface area (Å²) >= 11 is 0. The number of esters is 1. The standard InChI is InChI=1S/C7H14N2O2.2C2HF3O2/c1-11-7(10)2-3-9-4-6(8)5-9;2*3-2(4,5)1(6)7/h6H,2-5,8H2,1H3;2*(H,6,7). The summed E-state index contributed by atoms with van der Waals surface area (Å²) in [5.41, 5.74) is 5.55. The lowest BCUT2D eigenvalue weighted by Gasteiger charge is -2.36. The van der Waals surface area contributed by atoms with Gasteiger partial charge in [-0.2, -0.15) is 26.3 Å². The minimum atomic E-state index is -5.08. The number of likely N-dealkylation sites (tertiary alicyclic amines) is 1. The predicted molar refractivity (Wildman–Crippen MR) is 68.4 cm³/mol. The van der Waals surface area contributed by atoms with Crippen LogP contribution >= 0.6 is 0 Å². The number of methoxy groups -OCH3 is 1. The van der Waals surface area contributed by atoms with Crippen LogP contribution in [-0.4, -0.2) is 78.2 Å². The molecule has 25 heavy (non-hydrogen) atoms. The number of carbonyl (C=O) groups is 3. The molecule has 8 nitrogen and oxygen atoms in total. The number of carbonyl (C=O) groups excluding carboxylic acids is 1. The van der Waals surface area contributed by atoms with E-state index in [1.165, 1.54) is 7.11 Å². The number of halogens is 6. The summed E-state index contributed by atoms with van der Waals surface area (Å²) in [5, 5.41) is 14.2. The maximum absolute atomic E-state index is 10.7. The molecule has 1 fully saturated rings. The Balaban J connectivity index is 0. The van der Waals surface area contributed by atoms with Crippen LogP contribution in [-0.2, 0) is 19.1 Å². The van der Waals surface area contributed by atoms with E-state index in [-0.39, 0.29) is 5.97 Å². The van der Waals surface area contributed by atoms with Gasteiger partial charge in [-0.05, 0) is 0 Å². The molecule has 148 valence electrons. The second-order valence-corrected chi connectivity index (χ2v) is 4.45. The topological polar surface area (TPSA) is 130 Å². The molecule has 1 saturated heterocycles. The van der Waals surface area contributed by atoms with Crippen LogP contribution in [0.25, 0.3) is 0 Å². The molecule has 0 atom stereocenters. The molecule has 1 aliphatic heterocycles. The van der Waals surface area contributed by atoms with Crippen molar-refractivity contribution in [1.29, 1.82) is 0 Å². The summed E-state index contributed by atoms with van der Waals surface area (Å²) in [5.74, 6) is -5.66. The van der Waals surface area contributed by atoms with Gasteiger partial charge in [0.05, 0.1) is 13.5 Å². The highest BCUT2D eigenvalue weighted by Gasteiger charge is 2.38. The molecule has 0 aromatic heterocycles. The Kier molecular flexibility index (Phi) is 10.8. The lowest BCUT2D eigenvalue weighted by molar-refractivity contribution is -0.193. The zero-order valence-electron chi connectivity index (χ0n) is 12.7. The van der Waals surface area contributed by atoms with Gasteiger partial charge in [0.25, 0.3) is 0 Å². The summed E-state index contributed by atoms with van der Waals surface area (Å²) in [4.78, 5) is 30.6. The molecule has 0 aliphatic carbocycles. The Labute approximate surface area is 137 Å². The van der Waals surface area contributed by atoms with E-state index in [1.54, 1.807) is 0 Å². The molecular weight excluding hydrogens is 370 g/mol. The van der Waals surface area contributed by atoms with Gasteiger partial charge in [-0.25, -0.2) is 9.59 Å². The minimum Gasteiger partial charge on any atom is -0.475 e. The van der Waals surface area contributed by atoms with Gasteiger partial charge in [0.1, 0.15) is 0 Å². The molecule has 0 radical (unpaired) electrons. The van der Waals surface area contributed by atoms with Crippen LogP contribution in [0.4, 0.5) is 26.3 Å². The van der Waals surface area contributed by atoms with Crippen LogP contribution in [0.15, 0.2) is 0 Å². The summed E-state index contributed by atoms with van der Waals surface area (Å²) in [6, 6.07) is 0.313. The Bertz CT molecular complexity index is 423. The van der Waals surface area contributed by atoms with Crippen LogP contribution in [0.5, 0.6) is 0 Å². The van der Waals surface area contributed by atoms with E-state index < -0.39 is 24.3 Å². The highest BCUT2D eigenvalue weighted by atomic mass is 19.4. The first-order chi connectivity index (χ1) is 11.1. The number of carboxylic acids is 2. The Hall–Kier alpha value is -2.09. The molecule has 1 heterocycles. The molecule has 14 heteroatoms. The average molecular weight is 386 g/mol. The lowest BCUT2D eigenvalue weighted by Crippen LogP contribution is -2.55. The average Bonchev–Trinajstić information content (AvgIpc) is 2.41. The van der Waals surface area contributed by atoms with E-state index in [0.29, 0.717) is 12.5 Å². The van der Waals surface area contributed by atoms with Crippen molar-refractivity contribution >= 4 is 17.9 Å². The van der Waals surface area contributed by atoms with Crippen LogP contribution in [0, 0.1) is 0 Å². The maximum atomic E-state index is 10.7. The van der Waals surface area contributed by atoms with E-state index in [4.69, 9.17) is 25.5 Å². The number of hydrogen-bond acceptors (Lipinski definition) is 6. The van der Waals surface area contributed by atoms with Crippen LogP contribution in [0.2, 0.25) is 0 Å². The molecule has 4 N–H and O–H groups in total. The Morgan fingerprint density at radius 3 is 1.56 bits per heavy atom. The first kappa shape index (κ1) is 25.2. The van der Waals surface area contributed by atoms with Gasteiger partial charge in [-0.1, -0.05) is 0 Å². The zero-order chi connectivity index (χ0) is 20.4. The summed E-state index contributed by atoms with van der Waals surface area (Å²) in [6.07, 6.45) is -9.69. The summed E-state index contributed by atoms with van der Waals surface area (Å²) < 4.78 is 68.0. The first-order valence-corrected chi connectivity index (χ1v) is 6.26. The van der Waals surface area contributed by atoms with Crippen LogP contribution in [0.3, 0.4) is 0 Å². The second kappa shape index (κ2) is 10.7. The highest BCUT2D eigenvalue weighted by molar-refractivity contribution is 5.73. The van der Waals surface area contributed by atoms with Gasteiger partial charge in [0.15, 0.2) is 0 Å². The van der Waals surface area contributed by atoms with Gasteiger partial charge in [0, 0.05) is 25.7 Å². The van der Waals surface area contributed by atoms with E-state index >= 15 is 0 Å². The van der Waals surface area contributed by atoms with Crippen molar-refractivity contribution in [2.75, 3.05) is 26.7 Å². The molecule has 0 aromatic carbocycles. The quantitative estimate of drug-likeness (QED) is 0.471. The maximum Gasteiger partial charge on any atom is 0.490 e. The fourth-order valence-corrected chi connectivity index (χ4v) is 1.14. The van der Waals surface area contributed by atoms with Gasteiger partial charge < -0.3 is 20.7 Å². The largest absolute Gasteiger partial charge is 0.490 e. The third-order valence-electron chi connectivity index (χ3n) is 2.33. The third kappa shape index (κ3) is 14.0. The summed E-state index contributed by atoms with van der Waals surface area (Å²) in [6.45, 7) is 2.61. The molecule has 1 rings (SSSR count). The fourth-order valence-electron chi connectivity index (χ4n) is 1.14. The SMILES string of the molecule is COC(=O)CCN1CC(N)C1.O=C(O)C(F)(F)F.O=C(O)C(F)(F)F. The van der Waals surface area contributed by atoms with E-state index in [0.717, 1.165) is 19.6 Å². The van der Waals surface area contributed by atoms with Gasteiger partial charge in [-0.15, -0.1) is 0 Å². The number of hydrogen-bond donors (Lipinski definition) is 3. The number of nitrogens with zero attached hydrogens (tertiary/aromatic N) is 1. The van der Waals surface area contributed by atoms with Crippen LogP contribution in [0.1, 0.15) is 6.42 Å². The number of carboxylic acid groups (broad SMARTS) is 2. The molecule has 0 unspecified atom stereocenters. The van der Waals surface area contributed by atoms with E-state index in [2.05, 4.69) is 9.64 Å². The first-order valence-electron chi connectivity index (χ1n) is 6.26. The lowest BCUT2D eigenvalue weighted by atomic mass is 10.1. The minimum absolute atomic E-state index is 0.148. The normalized spacial score (nSPS) is 14.9. The molecule has 0 saturated carbocycles. The fraction of sp³-hybridized carbons (Fsp3) is 0.727. The Morgan fingerprint density at radius 1 is 1.04 bits per heavy atom. The van der Waals surface area contributed by atoms with E-state index in [9.17, 15) is 31.1 Å². The smallest absolute Gasteiger partial charge is 0.475 e. The Morgan fingerprint density at radius 2 is 1.36 bits per heavy atom. The number of alkyl halides is 6. The van der Waals surface area contributed by atoms with Crippen molar-refractivity contribution in [2.45, 2.75) is 24.8 Å². The zero-order valence-corrected chi connectivity index (χ0v) is 12.7. The van der Waals surface area contributed by atoms with Crippen molar-refractivity contribution in [3.63, 3.8) is 0 Å². The second-order valence-electron chi connectivity index (χ2n) is 4.45. The molecule has 0 spiro atoms. The summed E-state index contributed by atoms with van der Waals surface area (Å²) in [7, 11) is 1.41. The predicted octanol–water partition coefficient (Wildman–Crippen LogP) is 0.459. The highest BCUT2D eigenvalue weighted by Crippen LogP contribution is 2.13. The van der Waals surface area contributed by atoms with Crippen molar-refractivity contribution < 1.29 is 55.7 Å². The monoisotopic (exact) mass is 386 g/mol. The number of aliphatic carboxylic acids is 2. The number of ether oxygens (including phenoxy) is 1. The molecule has 0 amide bonds. The molecule has 1 aliphatic rings. The van der Waals surface area contributed by atoms with Crippen molar-refractivity contribution in [1.82, 2.24) is 4.90 Å². The third-order valence-corrected chi connectivity index (χ3v) is 2.33. The molecule has 0 bridgehead atoms. The van der Waals surface area contributed by atoms with Crippen molar-refractivity contribution in [2.24, 2.45) is 5.73 Å². The van der Waals surface area contributed by atoms with Gasteiger partial charge in [0.2, 0.25) is 0 Å². The van der Waals surface area contributed by atoms with Gasteiger partial charge >= 0.3 is 30.3 Å².